The van der Waals surface area contributed by atoms with Gasteiger partial charge in [-0.15, -0.1) is 0 Å². The van der Waals surface area contributed by atoms with E-state index in [4.69, 9.17) is 5.73 Å². The molecule has 0 bridgehead atoms. The van der Waals surface area contributed by atoms with Gasteiger partial charge in [-0.25, -0.2) is 0 Å². The lowest BCUT2D eigenvalue weighted by atomic mass is 9.73. The van der Waals surface area contributed by atoms with Crippen molar-refractivity contribution >= 4 is 0 Å². The van der Waals surface area contributed by atoms with Crippen molar-refractivity contribution in [1.29, 1.82) is 0 Å². The van der Waals surface area contributed by atoms with Crippen LogP contribution >= 0.6 is 0 Å². The minimum Gasteiger partial charge on any atom is -0.383 e. The number of aliphatic hydroxyl groups is 1. The molecule has 1 heterocycles. The summed E-state index contributed by atoms with van der Waals surface area (Å²) in [6.07, 6.45) is 3.07. The first-order valence-corrected chi connectivity index (χ1v) is 4.50. The van der Waals surface area contributed by atoms with Gasteiger partial charge in [0.15, 0.2) is 0 Å². The van der Waals surface area contributed by atoms with Crippen LogP contribution in [0.3, 0.4) is 0 Å². The Morgan fingerprint density at radius 2 is 2.31 bits per heavy atom. The molecule has 0 amide bonds. The molecule has 1 fully saturated rings. The van der Waals surface area contributed by atoms with Gasteiger partial charge in [-0.05, 0) is 25.3 Å². The highest BCUT2D eigenvalue weighted by atomic mass is 16.3. The third-order valence-electron chi connectivity index (χ3n) is 2.76. The third-order valence-corrected chi connectivity index (χ3v) is 2.76. The molecule has 0 unspecified atom stereocenters. The van der Waals surface area contributed by atoms with Gasteiger partial charge < -0.3 is 10.8 Å². The summed E-state index contributed by atoms with van der Waals surface area (Å²) in [6, 6.07) is 0.138. The van der Waals surface area contributed by atoms with Gasteiger partial charge in [0.05, 0.1) is 11.9 Å². The maximum Gasteiger partial charge on any atom is 0.109 e. The highest BCUT2D eigenvalue weighted by Crippen LogP contribution is 2.41. The monoisotopic (exact) mass is 181 g/mol. The number of hydrogen-bond donors (Lipinski definition) is 2. The molecule has 72 valence electrons. The minimum absolute atomic E-state index is 0.138. The van der Waals surface area contributed by atoms with Crippen LogP contribution in [-0.2, 0) is 12.6 Å². The van der Waals surface area contributed by atoms with Gasteiger partial charge in [-0.3, -0.25) is 4.68 Å². The largest absolute Gasteiger partial charge is 0.383 e. The van der Waals surface area contributed by atoms with Crippen molar-refractivity contribution in [2.75, 3.05) is 0 Å². The SMILES string of the molecule is Cc1cnn(C)c1C1(O)CC(N)C1. The Balaban J connectivity index is 2.35. The molecule has 0 saturated heterocycles. The predicted molar refractivity (Wildman–Crippen MR) is 49.1 cm³/mol. The van der Waals surface area contributed by atoms with Crippen molar-refractivity contribution in [3.8, 4) is 0 Å². The Hall–Kier alpha value is -0.870. The summed E-state index contributed by atoms with van der Waals surface area (Å²) in [4.78, 5) is 0. The summed E-state index contributed by atoms with van der Waals surface area (Å²) in [6.45, 7) is 1.96. The lowest BCUT2D eigenvalue weighted by molar-refractivity contribution is -0.0592. The van der Waals surface area contributed by atoms with Crippen molar-refractivity contribution < 1.29 is 5.11 Å². The molecule has 0 aromatic carbocycles. The van der Waals surface area contributed by atoms with Crippen LogP contribution in [0, 0.1) is 6.92 Å². The molecule has 0 aliphatic heterocycles. The van der Waals surface area contributed by atoms with E-state index < -0.39 is 5.60 Å². The predicted octanol–water partition coefficient (Wildman–Crippen LogP) is 0.0372. The van der Waals surface area contributed by atoms with E-state index in [-0.39, 0.29) is 6.04 Å². The number of rotatable bonds is 1. The zero-order chi connectivity index (χ0) is 9.64. The highest BCUT2D eigenvalue weighted by Gasteiger charge is 2.45. The van der Waals surface area contributed by atoms with E-state index in [0.29, 0.717) is 12.8 Å². The molecule has 4 nitrogen and oxygen atoms in total. The van der Waals surface area contributed by atoms with E-state index in [9.17, 15) is 5.11 Å². The fourth-order valence-electron chi connectivity index (χ4n) is 2.22. The molecule has 1 aliphatic rings. The van der Waals surface area contributed by atoms with Gasteiger partial charge in [0.25, 0.3) is 0 Å². The van der Waals surface area contributed by atoms with Crippen molar-refractivity contribution in [3.63, 3.8) is 0 Å². The molecule has 0 radical (unpaired) electrons. The zero-order valence-corrected chi connectivity index (χ0v) is 7.99. The van der Waals surface area contributed by atoms with Gasteiger partial charge >= 0.3 is 0 Å². The smallest absolute Gasteiger partial charge is 0.109 e. The van der Waals surface area contributed by atoms with E-state index in [1.165, 1.54) is 0 Å². The number of hydrogen-bond acceptors (Lipinski definition) is 3. The summed E-state index contributed by atoms with van der Waals surface area (Å²) in [5.41, 5.74) is 6.89. The molecule has 4 heteroatoms. The highest BCUT2D eigenvalue weighted by molar-refractivity contribution is 5.26. The van der Waals surface area contributed by atoms with Gasteiger partial charge in [-0.1, -0.05) is 0 Å². The molecule has 2 rings (SSSR count). The topological polar surface area (TPSA) is 64.1 Å². The van der Waals surface area contributed by atoms with Crippen molar-refractivity contribution in [3.05, 3.63) is 17.5 Å². The molecular formula is C9H15N3O. The zero-order valence-electron chi connectivity index (χ0n) is 7.99. The van der Waals surface area contributed by atoms with Crippen LogP contribution in [0.1, 0.15) is 24.1 Å². The van der Waals surface area contributed by atoms with Gasteiger partial charge in [0.2, 0.25) is 0 Å². The van der Waals surface area contributed by atoms with E-state index in [2.05, 4.69) is 5.10 Å². The standard InChI is InChI=1S/C9H15N3O/c1-6-5-11-12(2)8(6)9(13)3-7(10)4-9/h5,7,13H,3-4,10H2,1-2H3. The van der Waals surface area contributed by atoms with Crippen LogP contribution in [0.2, 0.25) is 0 Å². The molecule has 3 N–H and O–H groups in total. The van der Waals surface area contributed by atoms with Crippen LogP contribution in [-0.4, -0.2) is 20.9 Å². The Morgan fingerprint density at radius 3 is 2.69 bits per heavy atom. The molecular weight excluding hydrogens is 166 g/mol. The normalized spacial score (nSPS) is 33.1. The second-order valence-corrected chi connectivity index (χ2v) is 4.00. The molecule has 0 atom stereocenters. The Bertz CT molecular complexity index is 306. The first-order chi connectivity index (χ1) is 6.03. The summed E-state index contributed by atoms with van der Waals surface area (Å²) in [5.74, 6) is 0. The quantitative estimate of drug-likeness (QED) is 0.643. The van der Waals surface area contributed by atoms with Crippen LogP contribution in [0.15, 0.2) is 6.20 Å². The molecule has 1 aliphatic carbocycles. The van der Waals surface area contributed by atoms with E-state index >= 15 is 0 Å². The fourth-order valence-corrected chi connectivity index (χ4v) is 2.22. The van der Waals surface area contributed by atoms with Gasteiger partial charge in [0.1, 0.15) is 5.60 Å². The third kappa shape index (κ3) is 1.17. The maximum absolute atomic E-state index is 10.2. The van der Waals surface area contributed by atoms with E-state index in [0.717, 1.165) is 11.3 Å². The Kier molecular flexibility index (Phi) is 1.72. The Morgan fingerprint density at radius 1 is 1.69 bits per heavy atom. The first-order valence-electron chi connectivity index (χ1n) is 4.50. The Labute approximate surface area is 77.4 Å². The summed E-state index contributed by atoms with van der Waals surface area (Å²) < 4.78 is 1.74. The maximum atomic E-state index is 10.2. The first kappa shape index (κ1) is 8.72. The van der Waals surface area contributed by atoms with Crippen molar-refractivity contribution in [2.24, 2.45) is 12.8 Å². The van der Waals surface area contributed by atoms with Gasteiger partial charge in [0, 0.05) is 13.1 Å². The van der Waals surface area contributed by atoms with E-state index in [1.54, 1.807) is 10.9 Å². The molecule has 1 aromatic rings. The van der Waals surface area contributed by atoms with Crippen molar-refractivity contribution in [1.82, 2.24) is 9.78 Å². The molecule has 1 saturated carbocycles. The minimum atomic E-state index is -0.727. The van der Waals surface area contributed by atoms with E-state index in [1.807, 2.05) is 14.0 Å². The van der Waals surface area contributed by atoms with Crippen LogP contribution in [0.5, 0.6) is 0 Å². The second-order valence-electron chi connectivity index (χ2n) is 4.00. The summed E-state index contributed by atoms with van der Waals surface area (Å²) in [5, 5.41) is 14.3. The van der Waals surface area contributed by atoms with Crippen molar-refractivity contribution in [2.45, 2.75) is 31.4 Å². The summed E-state index contributed by atoms with van der Waals surface area (Å²) >= 11 is 0. The number of nitrogens with zero attached hydrogens (tertiary/aromatic N) is 2. The van der Waals surface area contributed by atoms with Crippen LogP contribution in [0.4, 0.5) is 0 Å². The average Bonchev–Trinajstić information content (AvgIpc) is 2.28. The lowest BCUT2D eigenvalue weighted by Gasteiger charge is -2.42. The summed E-state index contributed by atoms with van der Waals surface area (Å²) in [7, 11) is 1.85. The number of aromatic nitrogens is 2. The van der Waals surface area contributed by atoms with Crippen LogP contribution < -0.4 is 5.73 Å². The molecule has 0 spiro atoms. The molecule has 13 heavy (non-hydrogen) atoms. The lowest BCUT2D eigenvalue weighted by Crippen LogP contribution is -2.50. The number of nitrogens with two attached hydrogens (primary N) is 1. The molecule has 1 aromatic heterocycles. The fraction of sp³-hybridized carbons (Fsp3) is 0.667. The number of aryl methyl sites for hydroxylation is 2. The average molecular weight is 181 g/mol. The second kappa shape index (κ2) is 2.56. The van der Waals surface area contributed by atoms with Crippen LogP contribution in [0.25, 0.3) is 0 Å². The van der Waals surface area contributed by atoms with Gasteiger partial charge in [-0.2, -0.15) is 5.10 Å².